The van der Waals surface area contributed by atoms with Crippen LogP contribution in [-0.2, 0) is 17.8 Å². The van der Waals surface area contributed by atoms with Crippen LogP contribution >= 0.6 is 11.3 Å². The number of aromatic nitrogens is 1. The molecule has 1 aromatic heterocycles. The first-order chi connectivity index (χ1) is 11.8. The summed E-state index contributed by atoms with van der Waals surface area (Å²) >= 11 is 1.51. The summed E-state index contributed by atoms with van der Waals surface area (Å²) in [7, 11) is 0. The lowest BCUT2D eigenvalue weighted by molar-refractivity contribution is -0.000495. The van der Waals surface area contributed by atoms with Gasteiger partial charge in [-0.05, 0) is 24.9 Å². The van der Waals surface area contributed by atoms with Crippen molar-refractivity contribution in [2.75, 3.05) is 19.6 Å². The topological polar surface area (TPSA) is 68.5 Å². The lowest BCUT2D eigenvalue weighted by Crippen LogP contribution is -2.41. The Kier molecular flexibility index (Phi) is 5.96. The molecule has 0 bridgehead atoms. The molecular weight excluding hydrogens is 322 g/mol. The van der Waals surface area contributed by atoms with Crippen molar-refractivity contribution in [3.05, 3.63) is 52.0 Å². The zero-order valence-corrected chi connectivity index (χ0v) is 14.5. The van der Waals surface area contributed by atoms with Crippen LogP contribution in [0.3, 0.4) is 0 Å². The van der Waals surface area contributed by atoms with Crippen molar-refractivity contribution in [2.24, 2.45) is 5.73 Å². The molecule has 0 radical (unpaired) electrons. The molecule has 0 unspecified atom stereocenters. The number of likely N-dealkylation sites (tertiary alicyclic amines) is 1. The predicted molar refractivity (Wildman–Crippen MR) is 95.0 cm³/mol. The molecule has 3 rings (SSSR count). The summed E-state index contributed by atoms with van der Waals surface area (Å²) in [5, 5.41) is 2.77. The SMILES string of the molecule is NCCc1nc(C(=O)N2CCC(OCc3ccccc3)CC2)cs1. The zero-order valence-electron chi connectivity index (χ0n) is 13.7. The maximum atomic E-state index is 12.5. The fourth-order valence-corrected chi connectivity index (χ4v) is 3.61. The third kappa shape index (κ3) is 4.41. The monoisotopic (exact) mass is 345 g/mol. The number of hydrogen-bond acceptors (Lipinski definition) is 5. The molecule has 1 aliphatic heterocycles. The summed E-state index contributed by atoms with van der Waals surface area (Å²) in [6.45, 7) is 2.64. The van der Waals surface area contributed by atoms with Crippen LogP contribution in [0.1, 0.15) is 33.9 Å². The van der Waals surface area contributed by atoms with Crippen molar-refractivity contribution in [1.29, 1.82) is 0 Å². The van der Waals surface area contributed by atoms with Crippen LogP contribution in [-0.4, -0.2) is 41.5 Å². The van der Waals surface area contributed by atoms with E-state index < -0.39 is 0 Å². The molecule has 0 spiro atoms. The molecule has 6 heteroatoms. The summed E-state index contributed by atoms with van der Waals surface area (Å²) in [6, 6.07) is 10.2. The molecule has 0 atom stereocenters. The summed E-state index contributed by atoms with van der Waals surface area (Å²) in [4.78, 5) is 18.8. The van der Waals surface area contributed by atoms with Gasteiger partial charge in [0, 0.05) is 24.9 Å². The quantitative estimate of drug-likeness (QED) is 0.873. The van der Waals surface area contributed by atoms with Gasteiger partial charge < -0.3 is 15.4 Å². The van der Waals surface area contributed by atoms with E-state index in [-0.39, 0.29) is 12.0 Å². The van der Waals surface area contributed by atoms with Gasteiger partial charge in [0.1, 0.15) is 5.69 Å². The molecule has 2 aromatic rings. The van der Waals surface area contributed by atoms with Crippen molar-refractivity contribution in [2.45, 2.75) is 32.0 Å². The van der Waals surface area contributed by atoms with Crippen LogP contribution in [0.5, 0.6) is 0 Å². The number of rotatable bonds is 6. The smallest absolute Gasteiger partial charge is 0.273 e. The van der Waals surface area contributed by atoms with Crippen LogP contribution < -0.4 is 5.73 Å². The Morgan fingerprint density at radius 1 is 1.29 bits per heavy atom. The first kappa shape index (κ1) is 17.1. The van der Waals surface area contributed by atoms with Crippen molar-refractivity contribution in [1.82, 2.24) is 9.88 Å². The molecule has 1 saturated heterocycles. The number of hydrogen-bond donors (Lipinski definition) is 1. The average molecular weight is 345 g/mol. The second-order valence-corrected chi connectivity index (χ2v) is 6.90. The summed E-state index contributed by atoms with van der Waals surface area (Å²) in [5.74, 6) is 0.0241. The number of carbonyl (C=O) groups excluding carboxylic acids is 1. The molecule has 1 amide bonds. The van der Waals surface area contributed by atoms with E-state index in [2.05, 4.69) is 17.1 Å². The molecule has 1 aromatic carbocycles. The highest BCUT2D eigenvalue weighted by molar-refractivity contribution is 7.09. The van der Waals surface area contributed by atoms with E-state index in [1.54, 1.807) is 0 Å². The van der Waals surface area contributed by atoms with Crippen molar-refractivity contribution in [3.8, 4) is 0 Å². The van der Waals surface area contributed by atoms with Crippen LogP contribution in [0.4, 0.5) is 0 Å². The van der Waals surface area contributed by atoms with E-state index >= 15 is 0 Å². The minimum absolute atomic E-state index is 0.0241. The molecule has 0 aliphatic carbocycles. The normalized spacial score (nSPS) is 15.6. The predicted octanol–water partition coefficient (Wildman–Crippen LogP) is 2.47. The van der Waals surface area contributed by atoms with Crippen molar-refractivity contribution in [3.63, 3.8) is 0 Å². The number of benzene rings is 1. The number of ether oxygens (including phenoxy) is 1. The second-order valence-electron chi connectivity index (χ2n) is 5.95. The number of nitrogens with two attached hydrogens (primary N) is 1. The maximum Gasteiger partial charge on any atom is 0.273 e. The van der Waals surface area contributed by atoms with Crippen molar-refractivity contribution < 1.29 is 9.53 Å². The van der Waals surface area contributed by atoms with Gasteiger partial charge in [-0.3, -0.25) is 4.79 Å². The number of thiazole rings is 1. The Morgan fingerprint density at radius 2 is 2.04 bits per heavy atom. The van der Waals surface area contributed by atoms with Gasteiger partial charge in [-0.15, -0.1) is 11.3 Å². The van der Waals surface area contributed by atoms with E-state index in [1.807, 2.05) is 28.5 Å². The Hall–Kier alpha value is -1.76. The molecule has 1 aliphatic rings. The largest absolute Gasteiger partial charge is 0.373 e. The minimum atomic E-state index is 0.0241. The molecular formula is C18H23N3O2S. The van der Waals surface area contributed by atoms with E-state index in [9.17, 15) is 4.79 Å². The third-order valence-electron chi connectivity index (χ3n) is 4.19. The van der Waals surface area contributed by atoms with Crippen LogP contribution in [0.15, 0.2) is 35.7 Å². The summed E-state index contributed by atoms with van der Waals surface area (Å²) in [6.07, 6.45) is 2.70. The van der Waals surface area contributed by atoms with Crippen molar-refractivity contribution >= 4 is 17.2 Å². The van der Waals surface area contributed by atoms with Gasteiger partial charge in [-0.2, -0.15) is 0 Å². The fraction of sp³-hybridized carbons (Fsp3) is 0.444. The van der Waals surface area contributed by atoms with Gasteiger partial charge in [0.25, 0.3) is 5.91 Å². The van der Waals surface area contributed by atoms with E-state index in [0.29, 0.717) is 18.8 Å². The first-order valence-corrected chi connectivity index (χ1v) is 9.23. The van der Waals surface area contributed by atoms with Gasteiger partial charge in [0.2, 0.25) is 0 Å². The highest BCUT2D eigenvalue weighted by atomic mass is 32.1. The van der Waals surface area contributed by atoms with Gasteiger partial charge in [-0.1, -0.05) is 30.3 Å². The molecule has 0 saturated carbocycles. The van der Waals surface area contributed by atoms with Gasteiger partial charge in [0.05, 0.1) is 17.7 Å². The number of amides is 1. The average Bonchev–Trinajstić information content (AvgIpc) is 3.10. The minimum Gasteiger partial charge on any atom is -0.373 e. The standard InChI is InChI=1S/C18H23N3O2S/c19-9-6-17-20-16(13-24-17)18(22)21-10-7-15(8-11-21)23-12-14-4-2-1-3-5-14/h1-5,13,15H,6-12,19H2. The zero-order chi connectivity index (χ0) is 16.8. The maximum absolute atomic E-state index is 12.5. The number of carbonyl (C=O) groups is 1. The molecule has 1 fully saturated rings. The lowest BCUT2D eigenvalue weighted by atomic mass is 10.1. The Bertz CT molecular complexity index is 651. The Balaban J connectivity index is 1.46. The fourth-order valence-electron chi connectivity index (χ4n) is 2.82. The van der Waals surface area contributed by atoms with Gasteiger partial charge in [-0.25, -0.2) is 4.98 Å². The molecule has 2 heterocycles. The molecule has 24 heavy (non-hydrogen) atoms. The summed E-state index contributed by atoms with van der Waals surface area (Å²) < 4.78 is 5.97. The van der Waals surface area contributed by atoms with Crippen LogP contribution in [0.2, 0.25) is 0 Å². The third-order valence-corrected chi connectivity index (χ3v) is 5.10. The van der Waals surface area contributed by atoms with Crippen LogP contribution in [0.25, 0.3) is 0 Å². The summed E-state index contributed by atoms with van der Waals surface area (Å²) in [5.41, 5.74) is 7.27. The van der Waals surface area contributed by atoms with Gasteiger partial charge in [0.15, 0.2) is 0 Å². The van der Waals surface area contributed by atoms with E-state index in [1.165, 1.54) is 16.9 Å². The Morgan fingerprint density at radius 3 is 2.75 bits per heavy atom. The second kappa shape index (κ2) is 8.37. The molecule has 2 N–H and O–H groups in total. The Labute approximate surface area is 146 Å². The highest BCUT2D eigenvalue weighted by Gasteiger charge is 2.25. The lowest BCUT2D eigenvalue weighted by Gasteiger charge is -2.31. The molecule has 128 valence electrons. The van der Waals surface area contributed by atoms with Crippen LogP contribution in [0, 0.1) is 0 Å². The van der Waals surface area contributed by atoms with E-state index in [4.69, 9.17) is 10.5 Å². The number of piperidine rings is 1. The van der Waals surface area contributed by atoms with Gasteiger partial charge >= 0.3 is 0 Å². The number of nitrogens with zero attached hydrogens (tertiary/aromatic N) is 2. The first-order valence-electron chi connectivity index (χ1n) is 8.35. The van der Waals surface area contributed by atoms with E-state index in [0.717, 1.165) is 37.4 Å². The highest BCUT2D eigenvalue weighted by Crippen LogP contribution is 2.19. The molecule has 5 nitrogen and oxygen atoms in total.